The minimum Gasteiger partial charge on any atom is -0.488 e. The van der Waals surface area contributed by atoms with Crippen LogP contribution in [0, 0.1) is 0 Å². The Morgan fingerprint density at radius 1 is 1.23 bits per heavy atom. The zero-order valence-corrected chi connectivity index (χ0v) is 15.0. The van der Waals surface area contributed by atoms with Gasteiger partial charge in [0.1, 0.15) is 11.9 Å². The average molecular weight is 378 g/mol. The number of carbonyl (C=O) groups excluding carboxylic acids is 1. The van der Waals surface area contributed by atoms with Crippen LogP contribution in [-0.2, 0) is 6.42 Å². The van der Waals surface area contributed by atoms with Crippen molar-refractivity contribution in [1.82, 2.24) is 4.90 Å². The predicted octanol–water partition coefficient (Wildman–Crippen LogP) is 4.81. The van der Waals surface area contributed by atoms with E-state index in [1.165, 1.54) is 0 Å². The van der Waals surface area contributed by atoms with Gasteiger partial charge in [-0.15, -0.1) is 0 Å². The van der Waals surface area contributed by atoms with Crippen LogP contribution in [0.3, 0.4) is 0 Å². The van der Waals surface area contributed by atoms with E-state index in [4.69, 9.17) is 16.3 Å². The Morgan fingerprint density at radius 2 is 1.92 bits per heavy atom. The summed E-state index contributed by atoms with van der Waals surface area (Å²) in [6.45, 7) is 1.06. The van der Waals surface area contributed by atoms with Crippen LogP contribution in [0.5, 0.6) is 5.75 Å². The standard InChI is InChI=1S/C20H18ClF2NO2/c1-2-14-9-16-15(7-8-17(21)18(16)26-14)12-3-5-13(6-4-12)19(25)24-10-20(22,23)11-24/h3-8,14H,2,9-11H2,1H3. The normalized spacial score (nSPS) is 20.3. The summed E-state index contributed by atoms with van der Waals surface area (Å²) >= 11 is 6.26. The van der Waals surface area contributed by atoms with Gasteiger partial charge in [0, 0.05) is 17.5 Å². The Kier molecular flexibility index (Phi) is 4.14. The number of hydrogen-bond donors (Lipinski definition) is 0. The van der Waals surface area contributed by atoms with Crippen molar-refractivity contribution in [3.05, 3.63) is 52.5 Å². The fourth-order valence-electron chi connectivity index (χ4n) is 3.49. The maximum atomic E-state index is 13.0. The molecule has 4 rings (SSSR count). The molecule has 1 amide bonds. The predicted molar refractivity (Wildman–Crippen MR) is 96.1 cm³/mol. The summed E-state index contributed by atoms with van der Waals surface area (Å²) in [6, 6.07) is 10.8. The molecule has 0 aliphatic carbocycles. The first-order valence-electron chi connectivity index (χ1n) is 8.63. The maximum absolute atomic E-state index is 13.0. The van der Waals surface area contributed by atoms with Gasteiger partial charge in [0.2, 0.25) is 0 Å². The molecule has 1 saturated heterocycles. The van der Waals surface area contributed by atoms with Crippen molar-refractivity contribution < 1.29 is 18.3 Å². The van der Waals surface area contributed by atoms with Gasteiger partial charge in [-0.3, -0.25) is 4.79 Å². The summed E-state index contributed by atoms with van der Waals surface area (Å²) in [6.07, 6.45) is 1.82. The van der Waals surface area contributed by atoms with Crippen molar-refractivity contribution in [2.45, 2.75) is 31.8 Å². The second kappa shape index (κ2) is 6.23. The minimum absolute atomic E-state index is 0.123. The molecule has 2 aliphatic heterocycles. The Bertz CT molecular complexity index is 859. The lowest BCUT2D eigenvalue weighted by atomic mass is 9.95. The molecule has 26 heavy (non-hydrogen) atoms. The number of hydrogen-bond acceptors (Lipinski definition) is 2. The lowest BCUT2D eigenvalue weighted by Crippen LogP contribution is -2.58. The smallest absolute Gasteiger partial charge is 0.282 e. The highest BCUT2D eigenvalue weighted by atomic mass is 35.5. The Hall–Kier alpha value is -2.14. The van der Waals surface area contributed by atoms with Gasteiger partial charge in [0.05, 0.1) is 18.1 Å². The summed E-state index contributed by atoms with van der Waals surface area (Å²) < 4.78 is 31.8. The molecule has 0 spiro atoms. The zero-order valence-electron chi connectivity index (χ0n) is 14.3. The highest BCUT2D eigenvalue weighted by Crippen LogP contribution is 2.42. The number of ether oxygens (including phenoxy) is 1. The molecule has 0 N–H and O–H groups in total. The van der Waals surface area contributed by atoms with Crippen LogP contribution < -0.4 is 4.74 Å². The lowest BCUT2D eigenvalue weighted by Gasteiger charge is -2.38. The number of halogens is 3. The molecule has 2 heterocycles. The molecule has 0 bridgehead atoms. The molecule has 3 nitrogen and oxygen atoms in total. The van der Waals surface area contributed by atoms with Crippen molar-refractivity contribution in [3.8, 4) is 16.9 Å². The van der Waals surface area contributed by atoms with E-state index in [0.29, 0.717) is 10.6 Å². The summed E-state index contributed by atoms with van der Waals surface area (Å²) in [5, 5.41) is 0.602. The van der Waals surface area contributed by atoms with Crippen molar-refractivity contribution in [2.75, 3.05) is 13.1 Å². The Labute approximate surface area is 155 Å². The monoisotopic (exact) mass is 377 g/mol. The fourth-order valence-corrected chi connectivity index (χ4v) is 3.72. The number of carbonyl (C=O) groups is 1. The third kappa shape index (κ3) is 2.94. The van der Waals surface area contributed by atoms with Gasteiger partial charge in [-0.1, -0.05) is 36.7 Å². The number of fused-ring (bicyclic) bond motifs is 1. The molecule has 0 radical (unpaired) electrons. The van der Waals surface area contributed by atoms with Crippen LogP contribution in [0.15, 0.2) is 36.4 Å². The first-order valence-corrected chi connectivity index (χ1v) is 9.01. The zero-order chi connectivity index (χ0) is 18.5. The second-order valence-electron chi connectivity index (χ2n) is 6.85. The molecule has 2 aromatic carbocycles. The molecular formula is C20H18ClF2NO2. The van der Waals surface area contributed by atoms with E-state index in [1.807, 2.05) is 24.3 Å². The number of benzene rings is 2. The number of nitrogens with zero attached hydrogens (tertiary/aromatic N) is 1. The van der Waals surface area contributed by atoms with Crippen LogP contribution in [0.4, 0.5) is 8.78 Å². The van der Waals surface area contributed by atoms with Gasteiger partial charge in [-0.25, -0.2) is 8.78 Å². The van der Waals surface area contributed by atoms with Crippen LogP contribution in [-0.4, -0.2) is 35.9 Å². The molecule has 2 aromatic rings. The molecule has 136 valence electrons. The van der Waals surface area contributed by atoms with E-state index in [0.717, 1.165) is 40.2 Å². The minimum atomic E-state index is -2.75. The molecule has 1 fully saturated rings. The Balaban J connectivity index is 1.59. The third-order valence-corrected chi connectivity index (χ3v) is 5.26. The molecule has 0 aromatic heterocycles. The molecular weight excluding hydrogens is 360 g/mol. The van der Waals surface area contributed by atoms with Crippen molar-refractivity contribution in [3.63, 3.8) is 0 Å². The first-order chi connectivity index (χ1) is 12.4. The van der Waals surface area contributed by atoms with Gasteiger partial charge < -0.3 is 9.64 Å². The summed E-state index contributed by atoms with van der Waals surface area (Å²) in [5.74, 6) is -2.38. The highest BCUT2D eigenvalue weighted by Gasteiger charge is 2.46. The highest BCUT2D eigenvalue weighted by molar-refractivity contribution is 6.32. The number of rotatable bonds is 3. The SMILES string of the molecule is CCC1Cc2c(-c3ccc(C(=O)N4CC(F)(F)C4)cc3)ccc(Cl)c2O1. The van der Waals surface area contributed by atoms with Gasteiger partial charge in [-0.2, -0.15) is 0 Å². The van der Waals surface area contributed by atoms with E-state index in [1.54, 1.807) is 12.1 Å². The van der Waals surface area contributed by atoms with Crippen LogP contribution >= 0.6 is 11.6 Å². The van der Waals surface area contributed by atoms with Gasteiger partial charge >= 0.3 is 0 Å². The first kappa shape index (κ1) is 17.3. The summed E-state index contributed by atoms with van der Waals surface area (Å²) in [7, 11) is 0. The summed E-state index contributed by atoms with van der Waals surface area (Å²) in [4.78, 5) is 13.4. The van der Waals surface area contributed by atoms with Crippen LogP contribution in [0.2, 0.25) is 5.02 Å². The Morgan fingerprint density at radius 3 is 2.54 bits per heavy atom. The maximum Gasteiger partial charge on any atom is 0.282 e. The van der Waals surface area contributed by atoms with E-state index in [-0.39, 0.29) is 12.0 Å². The topological polar surface area (TPSA) is 29.5 Å². The fraction of sp³-hybridized carbons (Fsp3) is 0.350. The number of likely N-dealkylation sites (tertiary alicyclic amines) is 1. The van der Waals surface area contributed by atoms with Crippen LogP contribution in [0.1, 0.15) is 29.3 Å². The molecule has 6 heteroatoms. The molecule has 1 unspecified atom stereocenters. The van der Waals surface area contributed by atoms with Crippen molar-refractivity contribution in [2.24, 2.45) is 0 Å². The largest absolute Gasteiger partial charge is 0.488 e. The van der Waals surface area contributed by atoms with Crippen molar-refractivity contribution in [1.29, 1.82) is 0 Å². The second-order valence-corrected chi connectivity index (χ2v) is 7.26. The van der Waals surface area contributed by atoms with E-state index in [2.05, 4.69) is 6.92 Å². The van der Waals surface area contributed by atoms with Gasteiger partial charge in [0.15, 0.2) is 0 Å². The quantitative estimate of drug-likeness (QED) is 0.768. The van der Waals surface area contributed by atoms with E-state index in [9.17, 15) is 13.6 Å². The number of amides is 1. The van der Waals surface area contributed by atoms with Gasteiger partial charge in [0.25, 0.3) is 11.8 Å². The molecule has 2 aliphatic rings. The summed E-state index contributed by atoms with van der Waals surface area (Å²) in [5.41, 5.74) is 3.46. The molecule has 0 saturated carbocycles. The van der Waals surface area contributed by atoms with E-state index < -0.39 is 19.0 Å². The molecule has 1 atom stereocenters. The van der Waals surface area contributed by atoms with Crippen molar-refractivity contribution >= 4 is 17.5 Å². The third-order valence-electron chi connectivity index (χ3n) is 4.96. The lowest BCUT2D eigenvalue weighted by molar-refractivity contribution is -0.113. The van der Waals surface area contributed by atoms with Crippen LogP contribution in [0.25, 0.3) is 11.1 Å². The number of alkyl halides is 2. The van der Waals surface area contributed by atoms with Gasteiger partial charge in [-0.05, 0) is 35.7 Å². The van der Waals surface area contributed by atoms with E-state index >= 15 is 0 Å². The average Bonchev–Trinajstić information content (AvgIpc) is 3.05.